The number of carbonyl (C=O) groups excluding carboxylic acids is 1. The molecule has 1 aromatic carbocycles. The molecule has 0 aliphatic carbocycles. The highest BCUT2D eigenvalue weighted by atomic mass is 32.2. The van der Waals surface area contributed by atoms with E-state index < -0.39 is 4.92 Å². The third-order valence-corrected chi connectivity index (χ3v) is 3.71. The number of nitro benzene ring substituents is 1. The average Bonchev–Trinajstić information content (AvgIpc) is 2.35. The molecule has 18 heavy (non-hydrogen) atoms. The Morgan fingerprint density at radius 2 is 2.22 bits per heavy atom. The first-order valence-corrected chi connectivity index (χ1v) is 6.47. The van der Waals surface area contributed by atoms with Crippen molar-refractivity contribution in [2.24, 2.45) is 5.92 Å². The first kappa shape index (κ1) is 14.7. The number of hydrogen-bond donors (Lipinski definition) is 1. The van der Waals surface area contributed by atoms with Crippen molar-refractivity contribution in [2.45, 2.75) is 18.7 Å². The van der Waals surface area contributed by atoms with E-state index in [1.54, 1.807) is 6.07 Å². The molecule has 1 rings (SSSR count). The van der Waals surface area contributed by atoms with Crippen LogP contribution in [-0.4, -0.2) is 28.2 Å². The van der Waals surface area contributed by atoms with E-state index in [9.17, 15) is 14.9 Å². The van der Waals surface area contributed by atoms with Gasteiger partial charge in [-0.05, 0) is 25.0 Å². The van der Waals surface area contributed by atoms with Crippen molar-refractivity contribution in [1.29, 1.82) is 0 Å². The van der Waals surface area contributed by atoms with Crippen molar-refractivity contribution in [2.75, 3.05) is 12.4 Å². The molecule has 0 saturated heterocycles. The van der Waals surface area contributed by atoms with Crippen molar-refractivity contribution < 1.29 is 14.8 Å². The van der Waals surface area contributed by atoms with Crippen molar-refractivity contribution >= 4 is 23.2 Å². The number of aliphatic hydroxyl groups is 1. The maximum Gasteiger partial charge on any atom is 0.281 e. The highest BCUT2D eigenvalue weighted by Gasteiger charge is 2.18. The van der Waals surface area contributed by atoms with Gasteiger partial charge in [0.1, 0.15) is 0 Å². The van der Waals surface area contributed by atoms with Gasteiger partial charge < -0.3 is 5.11 Å². The number of ketones is 1. The van der Waals surface area contributed by atoms with Crippen LogP contribution < -0.4 is 0 Å². The summed E-state index contributed by atoms with van der Waals surface area (Å²) >= 11 is 1.43. The molecule has 1 N–H and O–H groups in total. The van der Waals surface area contributed by atoms with Crippen LogP contribution >= 0.6 is 11.8 Å². The van der Waals surface area contributed by atoms with Gasteiger partial charge in [-0.15, -0.1) is 11.8 Å². The quantitative estimate of drug-likeness (QED) is 0.371. The second-order valence-electron chi connectivity index (χ2n) is 4.09. The zero-order chi connectivity index (χ0) is 13.7. The summed E-state index contributed by atoms with van der Waals surface area (Å²) in [4.78, 5) is 22.3. The Hall–Kier alpha value is -1.40. The van der Waals surface area contributed by atoms with E-state index in [1.807, 2.05) is 6.92 Å². The monoisotopic (exact) mass is 269 g/mol. The molecule has 0 bridgehead atoms. The first-order valence-electron chi connectivity index (χ1n) is 5.48. The Balaban J connectivity index is 2.93. The van der Waals surface area contributed by atoms with E-state index in [-0.39, 0.29) is 29.6 Å². The van der Waals surface area contributed by atoms with Gasteiger partial charge in [0.25, 0.3) is 5.69 Å². The van der Waals surface area contributed by atoms with Crippen LogP contribution in [0.3, 0.4) is 0 Å². The van der Waals surface area contributed by atoms with E-state index in [0.29, 0.717) is 5.75 Å². The molecule has 0 heterocycles. The molecule has 0 saturated carbocycles. The minimum atomic E-state index is -0.545. The lowest BCUT2D eigenvalue weighted by Gasteiger charge is -2.07. The number of nitrogens with zero attached hydrogens (tertiary/aromatic N) is 1. The smallest absolute Gasteiger partial charge is 0.281 e. The molecular weight excluding hydrogens is 254 g/mol. The lowest BCUT2D eigenvalue weighted by Crippen LogP contribution is -2.04. The summed E-state index contributed by atoms with van der Waals surface area (Å²) in [6.45, 7) is 3.29. The van der Waals surface area contributed by atoms with Crippen LogP contribution in [0.4, 0.5) is 5.69 Å². The average molecular weight is 269 g/mol. The number of rotatable bonds is 6. The van der Waals surface area contributed by atoms with Gasteiger partial charge in [0, 0.05) is 23.3 Å². The van der Waals surface area contributed by atoms with Crippen molar-refractivity contribution in [1.82, 2.24) is 0 Å². The predicted octanol–water partition coefficient (Wildman–Crippen LogP) is 2.52. The van der Waals surface area contributed by atoms with Crippen molar-refractivity contribution in [3.63, 3.8) is 0 Å². The van der Waals surface area contributed by atoms with Crippen LogP contribution in [0.25, 0.3) is 0 Å². The van der Waals surface area contributed by atoms with E-state index in [4.69, 9.17) is 5.11 Å². The van der Waals surface area contributed by atoms with Gasteiger partial charge in [0.15, 0.2) is 5.78 Å². The molecule has 0 spiro atoms. The van der Waals surface area contributed by atoms with Crippen molar-refractivity contribution in [3.8, 4) is 0 Å². The van der Waals surface area contributed by atoms with E-state index in [0.717, 1.165) is 4.90 Å². The van der Waals surface area contributed by atoms with Gasteiger partial charge in [-0.2, -0.15) is 0 Å². The summed E-state index contributed by atoms with van der Waals surface area (Å²) in [7, 11) is 0. The second kappa shape index (κ2) is 6.51. The number of aliphatic hydroxyl groups excluding tert-OH is 1. The molecule has 6 heteroatoms. The number of benzene rings is 1. The Morgan fingerprint density at radius 3 is 2.72 bits per heavy atom. The summed E-state index contributed by atoms with van der Waals surface area (Å²) in [6.07, 6.45) is 0. The summed E-state index contributed by atoms with van der Waals surface area (Å²) < 4.78 is 0. The predicted molar refractivity (Wildman–Crippen MR) is 70.1 cm³/mol. The van der Waals surface area contributed by atoms with Gasteiger partial charge in [0.05, 0.1) is 10.5 Å². The largest absolute Gasteiger partial charge is 0.396 e. The zero-order valence-electron chi connectivity index (χ0n) is 10.3. The molecule has 0 amide bonds. The van der Waals surface area contributed by atoms with E-state index >= 15 is 0 Å². The molecule has 0 aromatic heterocycles. The Kier molecular flexibility index (Phi) is 5.30. The molecule has 5 nitrogen and oxygen atoms in total. The molecule has 0 aliphatic heterocycles. The summed E-state index contributed by atoms with van der Waals surface area (Å²) in [5.74, 6) is 0.482. The third kappa shape index (κ3) is 3.82. The molecule has 0 radical (unpaired) electrons. The summed E-state index contributed by atoms with van der Waals surface area (Å²) in [5.41, 5.74) is -0.0382. The fourth-order valence-corrected chi connectivity index (χ4v) is 2.28. The second-order valence-corrected chi connectivity index (χ2v) is 5.18. The van der Waals surface area contributed by atoms with Crippen LogP contribution in [0.5, 0.6) is 0 Å². The van der Waals surface area contributed by atoms with Crippen molar-refractivity contribution in [3.05, 3.63) is 33.9 Å². The molecule has 1 aromatic rings. The van der Waals surface area contributed by atoms with Gasteiger partial charge in [-0.25, -0.2) is 0 Å². The van der Waals surface area contributed by atoms with Gasteiger partial charge in [-0.3, -0.25) is 14.9 Å². The molecule has 1 unspecified atom stereocenters. The maximum atomic E-state index is 11.3. The van der Waals surface area contributed by atoms with Gasteiger partial charge in [0.2, 0.25) is 0 Å². The maximum absolute atomic E-state index is 11.3. The number of hydrogen-bond acceptors (Lipinski definition) is 5. The number of Topliss-reactive ketones (excluding diaryl/α,β-unsaturated/α-hetero) is 1. The highest BCUT2D eigenvalue weighted by molar-refractivity contribution is 7.99. The summed E-state index contributed by atoms with van der Waals surface area (Å²) in [6, 6.07) is 4.58. The standard InChI is InChI=1S/C12H15NO4S/c1-8(6-14)7-18-10-3-4-11(9(2)15)12(5-10)13(16)17/h3-5,8,14H,6-7H2,1-2H3. The van der Waals surface area contributed by atoms with Gasteiger partial charge in [-0.1, -0.05) is 6.92 Å². The minimum Gasteiger partial charge on any atom is -0.396 e. The Bertz CT molecular complexity index is 461. The third-order valence-electron chi connectivity index (χ3n) is 2.39. The first-order chi connectivity index (χ1) is 8.45. The number of thioether (sulfide) groups is 1. The lowest BCUT2D eigenvalue weighted by molar-refractivity contribution is -0.385. The van der Waals surface area contributed by atoms with E-state index in [1.165, 1.54) is 30.8 Å². The molecule has 98 valence electrons. The highest BCUT2D eigenvalue weighted by Crippen LogP contribution is 2.28. The SMILES string of the molecule is CC(=O)c1ccc(SCC(C)CO)cc1[N+](=O)[O-]. The molecular formula is C12H15NO4S. The normalized spacial score (nSPS) is 12.2. The fraction of sp³-hybridized carbons (Fsp3) is 0.417. The van der Waals surface area contributed by atoms with E-state index in [2.05, 4.69) is 0 Å². The van der Waals surface area contributed by atoms with Crippen LogP contribution in [0.1, 0.15) is 24.2 Å². The minimum absolute atomic E-state index is 0.0840. The topological polar surface area (TPSA) is 80.4 Å². The lowest BCUT2D eigenvalue weighted by atomic mass is 10.1. The van der Waals surface area contributed by atoms with Crippen LogP contribution in [0, 0.1) is 16.0 Å². The molecule has 0 fully saturated rings. The molecule has 0 aliphatic rings. The Morgan fingerprint density at radius 1 is 1.56 bits per heavy atom. The number of nitro groups is 1. The summed E-state index contributed by atoms with van der Waals surface area (Å²) in [5, 5.41) is 19.8. The van der Waals surface area contributed by atoms with Gasteiger partial charge >= 0.3 is 0 Å². The molecule has 1 atom stereocenters. The van der Waals surface area contributed by atoms with Crippen LogP contribution in [0.15, 0.2) is 23.1 Å². The Labute approximate surface area is 109 Å². The zero-order valence-corrected chi connectivity index (χ0v) is 11.1. The van der Waals surface area contributed by atoms with Crippen LogP contribution in [0.2, 0.25) is 0 Å². The number of carbonyl (C=O) groups is 1. The fourth-order valence-electron chi connectivity index (χ4n) is 1.34. The van der Waals surface area contributed by atoms with Crippen LogP contribution in [-0.2, 0) is 0 Å².